The van der Waals surface area contributed by atoms with Crippen LogP contribution in [0.3, 0.4) is 0 Å². The summed E-state index contributed by atoms with van der Waals surface area (Å²) < 4.78 is 0. The van der Waals surface area contributed by atoms with E-state index in [0.29, 0.717) is 0 Å². The first-order chi connectivity index (χ1) is 5.13. The molecule has 62 valence electrons. The second-order valence-electron chi connectivity index (χ2n) is 2.85. The van der Waals surface area contributed by atoms with Gasteiger partial charge in [0.25, 0.3) is 0 Å². The van der Waals surface area contributed by atoms with E-state index in [0.717, 1.165) is 5.70 Å². The Labute approximate surface area is 67.0 Å². The maximum Gasteiger partial charge on any atom is 0.124 e. The molecule has 1 aliphatic heterocycles. The summed E-state index contributed by atoms with van der Waals surface area (Å²) in [6, 6.07) is 0.194. The number of hydrogen-bond donors (Lipinski definition) is 1. The number of allylic oxidation sites excluding steroid dienone is 1. The van der Waals surface area contributed by atoms with Crippen molar-refractivity contribution >= 4 is 6.21 Å². The summed E-state index contributed by atoms with van der Waals surface area (Å²) in [5.74, 6) is 0. The van der Waals surface area contributed by atoms with Gasteiger partial charge in [0.2, 0.25) is 0 Å². The summed E-state index contributed by atoms with van der Waals surface area (Å²) in [6.07, 6.45) is 3.14. The first kappa shape index (κ1) is 8.27. The molecule has 0 fully saturated rings. The second-order valence-corrected chi connectivity index (χ2v) is 2.85. The summed E-state index contributed by atoms with van der Waals surface area (Å²) in [5.41, 5.74) is 1.01. The largest absolute Gasteiger partial charge is 0.374 e. The number of aliphatic hydroxyl groups is 1. The molecule has 0 aliphatic carbocycles. The molecule has 0 spiro atoms. The molecule has 0 saturated heterocycles. The van der Waals surface area contributed by atoms with Gasteiger partial charge in [-0.15, -0.1) is 0 Å². The van der Waals surface area contributed by atoms with Crippen molar-refractivity contribution in [1.82, 2.24) is 4.90 Å². The summed E-state index contributed by atoms with van der Waals surface area (Å²) >= 11 is 0. The lowest BCUT2D eigenvalue weighted by molar-refractivity contribution is 0.0355. The quantitative estimate of drug-likeness (QED) is 0.610. The van der Waals surface area contributed by atoms with Gasteiger partial charge in [-0.05, 0) is 20.8 Å². The third-order valence-electron chi connectivity index (χ3n) is 1.81. The van der Waals surface area contributed by atoms with Crippen LogP contribution in [-0.2, 0) is 0 Å². The molecule has 1 N–H and O–H groups in total. The van der Waals surface area contributed by atoms with E-state index in [-0.39, 0.29) is 6.04 Å². The lowest BCUT2D eigenvalue weighted by atomic mass is 10.2. The third-order valence-corrected chi connectivity index (χ3v) is 1.81. The van der Waals surface area contributed by atoms with Crippen molar-refractivity contribution in [2.75, 3.05) is 0 Å². The van der Waals surface area contributed by atoms with Crippen LogP contribution < -0.4 is 0 Å². The van der Waals surface area contributed by atoms with Crippen LogP contribution in [0, 0.1) is 0 Å². The third kappa shape index (κ3) is 1.60. The monoisotopic (exact) mass is 154 g/mol. The van der Waals surface area contributed by atoms with Gasteiger partial charge in [0.05, 0.1) is 6.04 Å². The van der Waals surface area contributed by atoms with E-state index in [2.05, 4.69) is 4.99 Å². The van der Waals surface area contributed by atoms with Crippen molar-refractivity contribution in [3.05, 3.63) is 11.9 Å². The van der Waals surface area contributed by atoms with Crippen LogP contribution in [0.4, 0.5) is 0 Å². The van der Waals surface area contributed by atoms with Crippen LogP contribution >= 0.6 is 0 Å². The van der Waals surface area contributed by atoms with Crippen molar-refractivity contribution in [1.29, 1.82) is 0 Å². The Morgan fingerprint density at radius 3 is 2.73 bits per heavy atom. The standard InChI is InChI=1S/C8H14N2O/c1-6-4-9-5-7(2)10(6)8(3)11/h4-6,8,11H,1-3H3. The Morgan fingerprint density at radius 1 is 1.73 bits per heavy atom. The number of nitrogens with zero attached hydrogens (tertiary/aromatic N) is 2. The Kier molecular flexibility index (Phi) is 2.29. The van der Waals surface area contributed by atoms with E-state index in [9.17, 15) is 5.11 Å². The summed E-state index contributed by atoms with van der Waals surface area (Å²) in [7, 11) is 0. The highest BCUT2D eigenvalue weighted by Crippen LogP contribution is 2.14. The van der Waals surface area contributed by atoms with Gasteiger partial charge in [-0.1, -0.05) is 0 Å². The van der Waals surface area contributed by atoms with E-state index < -0.39 is 6.23 Å². The van der Waals surface area contributed by atoms with E-state index in [1.807, 2.05) is 25.0 Å². The maximum atomic E-state index is 9.34. The molecule has 2 atom stereocenters. The van der Waals surface area contributed by atoms with Crippen LogP contribution in [0.5, 0.6) is 0 Å². The Hall–Kier alpha value is -0.830. The van der Waals surface area contributed by atoms with Gasteiger partial charge in [0, 0.05) is 18.1 Å². The van der Waals surface area contributed by atoms with Gasteiger partial charge in [-0.25, -0.2) is 0 Å². The average molecular weight is 154 g/mol. The molecular formula is C8H14N2O. The average Bonchev–Trinajstić information content (AvgIpc) is 1.85. The van der Waals surface area contributed by atoms with Gasteiger partial charge in [0.1, 0.15) is 6.23 Å². The minimum absolute atomic E-state index is 0.194. The number of hydrogen-bond acceptors (Lipinski definition) is 3. The predicted molar refractivity (Wildman–Crippen MR) is 45.2 cm³/mol. The maximum absolute atomic E-state index is 9.34. The number of aliphatic imine (C=N–C) groups is 1. The zero-order valence-electron chi connectivity index (χ0n) is 7.15. The van der Waals surface area contributed by atoms with Crippen LogP contribution in [0.25, 0.3) is 0 Å². The van der Waals surface area contributed by atoms with Crippen LogP contribution in [0.1, 0.15) is 20.8 Å². The van der Waals surface area contributed by atoms with Gasteiger partial charge in [0.15, 0.2) is 0 Å². The van der Waals surface area contributed by atoms with E-state index in [1.165, 1.54) is 0 Å². The minimum atomic E-state index is -0.437. The fourth-order valence-corrected chi connectivity index (χ4v) is 1.37. The topological polar surface area (TPSA) is 35.8 Å². The molecule has 0 amide bonds. The number of rotatable bonds is 1. The molecule has 2 unspecified atom stereocenters. The van der Waals surface area contributed by atoms with Gasteiger partial charge in [-0.2, -0.15) is 0 Å². The molecule has 3 nitrogen and oxygen atoms in total. The van der Waals surface area contributed by atoms with Gasteiger partial charge < -0.3 is 10.0 Å². The SMILES string of the molecule is CC1=CN=CC(C)N1C(C)O. The van der Waals surface area contributed by atoms with Gasteiger partial charge >= 0.3 is 0 Å². The Balaban J connectivity index is 2.78. The highest BCUT2D eigenvalue weighted by Gasteiger charge is 2.18. The van der Waals surface area contributed by atoms with Crippen LogP contribution in [0.15, 0.2) is 16.9 Å². The lowest BCUT2D eigenvalue weighted by Gasteiger charge is -2.33. The highest BCUT2D eigenvalue weighted by molar-refractivity contribution is 5.66. The van der Waals surface area contributed by atoms with E-state index >= 15 is 0 Å². The first-order valence-corrected chi connectivity index (χ1v) is 3.79. The van der Waals surface area contributed by atoms with Gasteiger partial charge in [-0.3, -0.25) is 4.99 Å². The molecule has 0 bridgehead atoms. The smallest absolute Gasteiger partial charge is 0.124 e. The molecule has 1 rings (SSSR count). The fourth-order valence-electron chi connectivity index (χ4n) is 1.37. The summed E-state index contributed by atoms with van der Waals surface area (Å²) in [4.78, 5) is 5.94. The van der Waals surface area contributed by atoms with Crippen LogP contribution in [0.2, 0.25) is 0 Å². The second kappa shape index (κ2) is 3.05. The molecule has 0 aromatic carbocycles. The predicted octanol–water partition coefficient (Wildman–Crippen LogP) is 0.961. The Bertz CT molecular complexity index is 196. The molecule has 11 heavy (non-hydrogen) atoms. The van der Waals surface area contributed by atoms with Crippen LogP contribution in [-0.4, -0.2) is 28.5 Å². The lowest BCUT2D eigenvalue weighted by Crippen LogP contribution is -2.40. The molecule has 3 heteroatoms. The van der Waals surface area contributed by atoms with Crippen molar-refractivity contribution in [3.63, 3.8) is 0 Å². The minimum Gasteiger partial charge on any atom is -0.374 e. The van der Waals surface area contributed by atoms with E-state index in [4.69, 9.17) is 0 Å². The molecule has 1 heterocycles. The fraction of sp³-hybridized carbons (Fsp3) is 0.625. The molecular weight excluding hydrogens is 140 g/mol. The molecule has 1 aliphatic rings. The normalized spacial score (nSPS) is 26.7. The molecule has 0 saturated carbocycles. The summed E-state index contributed by atoms with van der Waals surface area (Å²) in [5, 5.41) is 9.34. The van der Waals surface area contributed by atoms with Crippen molar-refractivity contribution in [3.8, 4) is 0 Å². The van der Waals surface area contributed by atoms with Crippen molar-refractivity contribution < 1.29 is 5.11 Å². The van der Waals surface area contributed by atoms with Crippen molar-refractivity contribution in [2.45, 2.75) is 33.0 Å². The zero-order valence-corrected chi connectivity index (χ0v) is 7.15. The Morgan fingerprint density at radius 2 is 2.36 bits per heavy atom. The zero-order chi connectivity index (χ0) is 8.43. The number of aliphatic hydroxyl groups excluding tert-OH is 1. The summed E-state index contributed by atoms with van der Waals surface area (Å²) in [6.45, 7) is 5.71. The highest BCUT2D eigenvalue weighted by atomic mass is 16.3. The molecule has 0 radical (unpaired) electrons. The van der Waals surface area contributed by atoms with E-state index in [1.54, 1.807) is 13.1 Å². The van der Waals surface area contributed by atoms with Crippen molar-refractivity contribution in [2.24, 2.45) is 4.99 Å². The molecule has 0 aromatic heterocycles. The first-order valence-electron chi connectivity index (χ1n) is 3.79. The molecule has 0 aromatic rings.